The molecule has 0 unspecified atom stereocenters. The first-order valence-electron chi connectivity index (χ1n) is 8.74. The third-order valence-corrected chi connectivity index (χ3v) is 6.18. The Hall–Kier alpha value is -1.93. The number of carbonyl (C=O) groups excluding carboxylic acids is 2. The van der Waals surface area contributed by atoms with Crippen LogP contribution in [0.25, 0.3) is 0 Å². The number of aromatic nitrogens is 2. The zero-order valence-electron chi connectivity index (χ0n) is 14.7. The minimum absolute atomic E-state index is 0.0290. The average molecular weight is 391 g/mol. The number of ketones is 1. The number of hydrogen-bond donors (Lipinski definition) is 2. The first-order valence-corrected chi connectivity index (χ1v) is 10.5. The molecule has 8 heteroatoms. The van der Waals surface area contributed by atoms with Gasteiger partial charge in [-0.05, 0) is 37.1 Å². The monoisotopic (exact) mass is 390 g/mol. The van der Waals surface area contributed by atoms with Crippen molar-refractivity contribution < 1.29 is 9.59 Å². The Balaban J connectivity index is 1.49. The van der Waals surface area contributed by atoms with Crippen LogP contribution >= 0.6 is 23.1 Å². The van der Waals surface area contributed by atoms with Gasteiger partial charge in [-0.3, -0.25) is 9.59 Å². The summed E-state index contributed by atoms with van der Waals surface area (Å²) in [5.41, 5.74) is 1.31. The molecule has 0 atom stereocenters. The molecule has 0 saturated heterocycles. The molecule has 0 aliphatic heterocycles. The highest BCUT2D eigenvalue weighted by Crippen LogP contribution is 2.28. The molecule has 2 aromatic rings. The van der Waals surface area contributed by atoms with Gasteiger partial charge in [0.15, 0.2) is 10.1 Å². The van der Waals surface area contributed by atoms with Crippen molar-refractivity contribution in [1.29, 1.82) is 0 Å². The zero-order chi connectivity index (χ0) is 18.4. The van der Waals surface area contributed by atoms with Gasteiger partial charge in [-0.25, -0.2) is 0 Å². The van der Waals surface area contributed by atoms with Gasteiger partial charge in [-0.2, -0.15) is 0 Å². The van der Waals surface area contributed by atoms with Crippen LogP contribution in [-0.2, 0) is 4.79 Å². The van der Waals surface area contributed by atoms with Crippen LogP contribution in [0.5, 0.6) is 0 Å². The van der Waals surface area contributed by atoms with Crippen molar-refractivity contribution in [1.82, 2.24) is 10.2 Å². The number of nitrogens with one attached hydrogen (secondary N) is 2. The Kier molecular flexibility index (Phi) is 6.62. The maximum absolute atomic E-state index is 12.3. The number of anilines is 2. The van der Waals surface area contributed by atoms with Crippen molar-refractivity contribution in [2.75, 3.05) is 16.4 Å². The molecular weight excluding hydrogens is 368 g/mol. The van der Waals surface area contributed by atoms with E-state index in [1.807, 2.05) is 0 Å². The third kappa shape index (κ3) is 5.54. The Bertz CT molecular complexity index is 755. The van der Waals surface area contributed by atoms with E-state index in [-0.39, 0.29) is 11.7 Å². The van der Waals surface area contributed by atoms with E-state index in [1.54, 1.807) is 24.3 Å². The fraction of sp³-hybridized carbons (Fsp3) is 0.444. The molecule has 1 fully saturated rings. The van der Waals surface area contributed by atoms with Crippen LogP contribution in [0, 0.1) is 0 Å². The highest BCUT2D eigenvalue weighted by molar-refractivity contribution is 8.01. The summed E-state index contributed by atoms with van der Waals surface area (Å²) in [6.07, 6.45) is 6.24. The smallest absolute Gasteiger partial charge is 0.221 e. The van der Waals surface area contributed by atoms with E-state index in [9.17, 15) is 9.59 Å². The predicted molar refractivity (Wildman–Crippen MR) is 106 cm³/mol. The highest BCUT2D eigenvalue weighted by Gasteiger charge is 2.16. The summed E-state index contributed by atoms with van der Waals surface area (Å²) in [6, 6.07) is 7.42. The number of Topliss-reactive ketones (excluding diaryl/α,β-unsaturated/α-hetero) is 1. The molecule has 1 aromatic carbocycles. The minimum Gasteiger partial charge on any atom is -0.357 e. The minimum atomic E-state index is -0.131. The van der Waals surface area contributed by atoms with E-state index in [2.05, 4.69) is 20.8 Å². The second-order valence-corrected chi connectivity index (χ2v) is 8.52. The van der Waals surface area contributed by atoms with Gasteiger partial charge in [0, 0.05) is 24.2 Å². The van der Waals surface area contributed by atoms with Crippen LogP contribution in [0.3, 0.4) is 0 Å². The van der Waals surface area contributed by atoms with Gasteiger partial charge in [0.25, 0.3) is 0 Å². The number of hydrogen-bond acceptors (Lipinski definition) is 7. The maximum Gasteiger partial charge on any atom is 0.221 e. The topological polar surface area (TPSA) is 84.0 Å². The fourth-order valence-electron chi connectivity index (χ4n) is 2.90. The molecule has 1 aromatic heterocycles. The van der Waals surface area contributed by atoms with Gasteiger partial charge in [-0.1, -0.05) is 42.4 Å². The lowest BCUT2D eigenvalue weighted by Gasteiger charge is -2.21. The SMILES string of the molecule is CC(=O)Nc1ccc(C(=O)CSc2nnc(NC3CCCCC3)s2)cc1. The third-order valence-electron chi connectivity index (χ3n) is 4.19. The number of amides is 1. The van der Waals surface area contributed by atoms with E-state index in [0.29, 0.717) is 23.0 Å². The van der Waals surface area contributed by atoms with E-state index >= 15 is 0 Å². The number of thioether (sulfide) groups is 1. The maximum atomic E-state index is 12.3. The molecule has 6 nitrogen and oxygen atoms in total. The molecule has 26 heavy (non-hydrogen) atoms. The van der Waals surface area contributed by atoms with Crippen LogP contribution in [0.15, 0.2) is 28.6 Å². The summed E-state index contributed by atoms with van der Waals surface area (Å²) < 4.78 is 0.798. The summed E-state index contributed by atoms with van der Waals surface area (Å²) in [5, 5.41) is 15.3. The largest absolute Gasteiger partial charge is 0.357 e. The van der Waals surface area contributed by atoms with Crippen molar-refractivity contribution in [3.05, 3.63) is 29.8 Å². The van der Waals surface area contributed by atoms with E-state index in [4.69, 9.17) is 0 Å². The molecule has 0 spiro atoms. The Morgan fingerprint density at radius 1 is 1.15 bits per heavy atom. The molecule has 2 N–H and O–H groups in total. The predicted octanol–water partition coefficient (Wildman–Crippen LogP) is 4.22. The normalized spacial score (nSPS) is 14.8. The summed E-state index contributed by atoms with van der Waals surface area (Å²) in [4.78, 5) is 23.3. The molecule has 3 rings (SSSR count). The molecule has 1 heterocycles. The summed E-state index contributed by atoms with van der Waals surface area (Å²) in [6.45, 7) is 1.45. The zero-order valence-corrected chi connectivity index (χ0v) is 16.3. The number of nitrogens with zero attached hydrogens (tertiary/aromatic N) is 2. The molecule has 1 amide bonds. The second kappa shape index (κ2) is 9.14. The van der Waals surface area contributed by atoms with Gasteiger partial charge in [0.1, 0.15) is 0 Å². The standard InChI is InChI=1S/C18H22N4O2S2/c1-12(23)19-15-9-7-13(8-10-15)16(24)11-25-18-22-21-17(26-18)20-14-5-3-2-4-6-14/h7-10,14H,2-6,11H2,1H3,(H,19,23)(H,20,21). The van der Waals surface area contributed by atoms with Crippen molar-refractivity contribution in [2.45, 2.75) is 49.4 Å². The van der Waals surface area contributed by atoms with Crippen molar-refractivity contribution >= 4 is 45.6 Å². The van der Waals surface area contributed by atoms with Crippen molar-refractivity contribution in [3.63, 3.8) is 0 Å². The van der Waals surface area contributed by atoms with E-state index < -0.39 is 0 Å². The lowest BCUT2D eigenvalue weighted by Crippen LogP contribution is -2.21. The van der Waals surface area contributed by atoms with Crippen LogP contribution in [0.4, 0.5) is 10.8 Å². The van der Waals surface area contributed by atoms with Gasteiger partial charge in [-0.15, -0.1) is 10.2 Å². The van der Waals surface area contributed by atoms with Gasteiger partial charge in [0.2, 0.25) is 11.0 Å². The van der Waals surface area contributed by atoms with Gasteiger partial charge in [0.05, 0.1) is 5.75 Å². The molecular formula is C18H22N4O2S2. The lowest BCUT2D eigenvalue weighted by atomic mass is 9.96. The summed E-state index contributed by atoms with van der Waals surface area (Å²) in [7, 11) is 0. The first kappa shape index (κ1) is 18.8. The van der Waals surface area contributed by atoms with Crippen LogP contribution < -0.4 is 10.6 Å². The number of benzene rings is 1. The Labute approximate surface area is 161 Å². The molecule has 1 saturated carbocycles. The van der Waals surface area contributed by atoms with Crippen LogP contribution in [0.1, 0.15) is 49.4 Å². The van der Waals surface area contributed by atoms with Crippen LogP contribution in [0.2, 0.25) is 0 Å². The molecule has 0 bridgehead atoms. The summed E-state index contributed by atoms with van der Waals surface area (Å²) in [5.74, 6) is 0.215. The fourth-order valence-corrected chi connectivity index (χ4v) is 4.62. The van der Waals surface area contributed by atoms with Crippen LogP contribution in [-0.4, -0.2) is 33.7 Å². The Morgan fingerprint density at radius 3 is 2.58 bits per heavy atom. The van der Waals surface area contributed by atoms with Crippen molar-refractivity contribution in [2.24, 2.45) is 0 Å². The van der Waals surface area contributed by atoms with Gasteiger partial charge >= 0.3 is 0 Å². The summed E-state index contributed by atoms with van der Waals surface area (Å²) >= 11 is 2.91. The quantitative estimate of drug-likeness (QED) is 0.544. The van der Waals surface area contributed by atoms with Gasteiger partial charge < -0.3 is 10.6 Å². The molecule has 138 valence electrons. The number of carbonyl (C=O) groups is 2. The second-order valence-electron chi connectivity index (χ2n) is 6.32. The number of rotatable bonds is 7. The molecule has 0 radical (unpaired) electrons. The molecule has 1 aliphatic rings. The van der Waals surface area contributed by atoms with Crippen molar-refractivity contribution in [3.8, 4) is 0 Å². The molecule has 1 aliphatic carbocycles. The Morgan fingerprint density at radius 2 is 1.88 bits per heavy atom. The average Bonchev–Trinajstić information content (AvgIpc) is 3.08. The lowest BCUT2D eigenvalue weighted by molar-refractivity contribution is -0.114. The van der Waals surface area contributed by atoms with E-state index in [0.717, 1.165) is 9.47 Å². The van der Waals surface area contributed by atoms with E-state index in [1.165, 1.54) is 62.1 Å². The highest BCUT2D eigenvalue weighted by atomic mass is 32.2. The first-order chi connectivity index (χ1) is 12.6.